The van der Waals surface area contributed by atoms with E-state index in [1.54, 1.807) is 22.5 Å². The molecular weight excluding hydrogens is 252 g/mol. The fourth-order valence-corrected chi connectivity index (χ4v) is 2.44. The van der Waals surface area contributed by atoms with E-state index in [9.17, 15) is 9.59 Å². The Morgan fingerprint density at radius 1 is 1.67 bits per heavy atom. The summed E-state index contributed by atoms with van der Waals surface area (Å²) in [7, 11) is 1.74. The van der Waals surface area contributed by atoms with Crippen molar-refractivity contribution in [3.05, 3.63) is 17.3 Å². The fraction of sp³-hybridized carbons (Fsp3) is 0.364. The number of aromatic nitrogens is 2. The van der Waals surface area contributed by atoms with Gasteiger partial charge in [-0.05, 0) is 6.92 Å². The van der Waals surface area contributed by atoms with Crippen LogP contribution in [0.15, 0.2) is 11.6 Å². The summed E-state index contributed by atoms with van der Waals surface area (Å²) in [5, 5.41) is 4.57. The van der Waals surface area contributed by atoms with Crippen LogP contribution in [0.5, 0.6) is 0 Å². The molecule has 2 heterocycles. The highest BCUT2D eigenvalue weighted by Gasteiger charge is 2.17. The lowest BCUT2D eigenvalue weighted by atomic mass is 10.4. The van der Waals surface area contributed by atoms with Gasteiger partial charge in [-0.2, -0.15) is 0 Å². The summed E-state index contributed by atoms with van der Waals surface area (Å²) in [6.07, 6.45) is 2.55. The Labute approximate surface area is 108 Å². The van der Waals surface area contributed by atoms with Gasteiger partial charge in [0.05, 0.1) is 6.54 Å². The molecule has 0 bridgehead atoms. The number of carbonyl (C=O) groups excluding carboxylic acids is 2. The van der Waals surface area contributed by atoms with Crippen molar-refractivity contribution in [2.75, 3.05) is 25.0 Å². The van der Waals surface area contributed by atoms with Gasteiger partial charge in [-0.25, -0.2) is 4.98 Å². The number of rotatable bonds is 5. The van der Waals surface area contributed by atoms with Crippen LogP contribution in [0.1, 0.15) is 17.4 Å². The molecular formula is C11H14N4O2S. The molecule has 0 unspecified atom stereocenters. The summed E-state index contributed by atoms with van der Waals surface area (Å²) >= 11 is 1.45. The van der Waals surface area contributed by atoms with Crippen LogP contribution in [-0.2, 0) is 4.79 Å². The first kappa shape index (κ1) is 12.6. The van der Waals surface area contributed by atoms with Crippen LogP contribution in [0.25, 0.3) is 4.96 Å². The van der Waals surface area contributed by atoms with E-state index in [0.29, 0.717) is 18.1 Å². The Bertz CT molecular complexity index is 575. The van der Waals surface area contributed by atoms with Crippen molar-refractivity contribution in [3.63, 3.8) is 0 Å². The Morgan fingerprint density at radius 3 is 3.11 bits per heavy atom. The minimum Gasteiger partial charge on any atom is -0.355 e. The van der Waals surface area contributed by atoms with E-state index in [2.05, 4.69) is 10.3 Å². The number of hydrogen-bond acceptors (Lipinski definition) is 5. The highest BCUT2D eigenvalue weighted by Crippen LogP contribution is 2.22. The minimum absolute atomic E-state index is 0.0896. The largest absolute Gasteiger partial charge is 0.355 e. The predicted molar refractivity (Wildman–Crippen MR) is 70.4 cm³/mol. The molecule has 6 nitrogen and oxygen atoms in total. The average molecular weight is 266 g/mol. The predicted octanol–water partition coefficient (Wildman–Crippen LogP) is 0.781. The molecule has 0 radical (unpaired) electrons. The third kappa shape index (κ3) is 2.21. The number of nitrogens with zero attached hydrogens (tertiary/aromatic N) is 3. The first-order valence-corrected chi connectivity index (χ1v) is 6.44. The second kappa shape index (κ2) is 5.18. The molecule has 7 heteroatoms. The zero-order chi connectivity index (χ0) is 13.1. The first-order chi connectivity index (χ1) is 8.67. The number of amides is 1. The Balaban J connectivity index is 2.26. The van der Waals surface area contributed by atoms with Crippen molar-refractivity contribution in [1.82, 2.24) is 14.7 Å². The molecule has 1 amide bonds. The van der Waals surface area contributed by atoms with Crippen LogP contribution in [-0.4, -0.2) is 41.7 Å². The standard InChI is InChI=1S/C11H14N4O2S/c1-3-12-9(17)6-14(2)10-8(7-16)15-4-5-18-11(15)13-10/h4-5,7H,3,6H2,1-2H3,(H,12,17). The Hall–Kier alpha value is -1.89. The van der Waals surface area contributed by atoms with Crippen molar-refractivity contribution >= 4 is 34.3 Å². The lowest BCUT2D eigenvalue weighted by molar-refractivity contribution is -0.119. The van der Waals surface area contributed by atoms with Crippen LogP contribution in [0.3, 0.4) is 0 Å². The summed E-state index contributed by atoms with van der Waals surface area (Å²) in [6, 6.07) is 0. The molecule has 2 aromatic rings. The summed E-state index contributed by atoms with van der Waals surface area (Å²) in [4.78, 5) is 29.4. The second-order valence-electron chi connectivity index (χ2n) is 3.80. The van der Waals surface area contributed by atoms with E-state index >= 15 is 0 Å². The molecule has 0 spiro atoms. The van der Waals surface area contributed by atoms with Crippen molar-refractivity contribution in [2.24, 2.45) is 0 Å². The highest BCUT2D eigenvalue weighted by molar-refractivity contribution is 7.15. The smallest absolute Gasteiger partial charge is 0.239 e. The molecule has 0 atom stereocenters. The molecule has 96 valence electrons. The second-order valence-corrected chi connectivity index (χ2v) is 4.68. The maximum atomic E-state index is 11.5. The molecule has 0 aromatic carbocycles. The summed E-state index contributed by atoms with van der Waals surface area (Å²) in [6.45, 7) is 2.63. The van der Waals surface area contributed by atoms with Gasteiger partial charge >= 0.3 is 0 Å². The topological polar surface area (TPSA) is 66.7 Å². The van der Waals surface area contributed by atoms with Crippen molar-refractivity contribution in [2.45, 2.75) is 6.92 Å². The van der Waals surface area contributed by atoms with Crippen LogP contribution >= 0.6 is 11.3 Å². The Kier molecular flexibility index (Phi) is 3.61. The number of anilines is 1. The molecule has 2 rings (SSSR count). The van der Waals surface area contributed by atoms with E-state index in [1.807, 2.05) is 12.3 Å². The van der Waals surface area contributed by atoms with Gasteiger partial charge in [0.25, 0.3) is 0 Å². The van der Waals surface area contributed by atoms with Gasteiger partial charge in [0.2, 0.25) is 5.91 Å². The van der Waals surface area contributed by atoms with Crippen molar-refractivity contribution in [3.8, 4) is 0 Å². The van der Waals surface area contributed by atoms with E-state index in [1.165, 1.54) is 11.3 Å². The van der Waals surface area contributed by atoms with Gasteiger partial charge < -0.3 is 10.2 Å². The van der Waals surface area contributed by atoms with E-state index in [4.69, 9.17) is 0 Å². The zero-order valence-corrected chi connectivity index (χ0v) is 11.0. The molecule has 0 saturated heterocycles. The monoisotopic (exact) mass is 266 g/mol. The number of likely N-dealkylation sites (N-methyl/N-ethyl adjacent to an activating group) is 2. The highest BCUT2D eigenvalue weighted by atomic mass is 32.1. The normalized spacial score (nSPS) is 10.6. The molecule has 0 saturated carbocycles. The summed E-state index contributed by atoms with van der Waals surface area (Å²) in [5.74, 6) is 0.441. The number of hydrogen-bond donors (Lipinski definition) is 1. The SMILES string of the molecule is CCNC(=O)CN(C)c1nc2sccn2c1C=O. The van der Waals surface area contributed by atoms with Gasteiger partial charge in [-0.1, -0.05) is 0 Å². The van der Waals surface area contributed by atoms with E-state index in [0.717, 1.165) is 11.2 Å². The minimum atomic E-state index is -0.0896. The number of nitrogens with one attached hydrogen (secondary N) is 1. The van der Waals surface area contributed by atoms with Gasteiger partial charge in [0.15, 0.2) is 17.1 Å². The number of thiazole rings is 1. The summed E-state index contributed by atoms with van der Waals surface area (Å²) in [5.41, 5.74) is 0.470. The molecule has 0 aliphatic rings. The van der Waals surface area contributed by atoms with Gasteiger partial charge in [0, 0.05) is 25.2 Å². The number of imidazole rings is 1. The van der Waals surface area contributed by atoms with Crippen LogP contribution in [0.4, 0.5) is 5.82 Å². The third-order valence-corrected chi connectivity index (χ3v) is 3.26. The lowest BCUT2D eigenvalue weighted by Crippen LogP contribution is -2.35. The zero-order valence-electron chi connectivity index (χ0n) is 10.2. The quantitative estimate of drug-likeness (QED) is 0.812. The fourth-order valence-electron chi connectivity index (χ4n) is 1.73. The number of carbonyl (C=O) groups is 2. The van der Waals surface area contributed by atoms with Crippen molar-refractivity contribution < 1.29 is 9.59 Å². The van der Waals surface area contributed by atoms with Crippen molar-refractivity contribution in [1.29, 1.82) is 0 Å². The van der Waals surface area contributed by atoms with E-state index in [-0.39, 0.29) is 12.5 Å². The molecule has 1 N–H and O–H groups in total. The molecule has 0 fully saturated rings. The lowest BCUT2D eigenvalue weighted by Gasteiger charge is -2.16. The Morgan fingerprint density at radius 2 is 2.44 bits per heavy atom. The van der Waals surface area contributed by atoms with Gasteiger partial charge in [0.1, 0.15) is 5.69 Å². The number of aldehydes is 1. The van der Waals surface area contributed by atoms with Gasteiger partial charge in [-0.15, -0.1) is 11.3 Å². The average Bonchev–Trinajstić information content (AvgIpc) is 2.87. The third-order valence-electron chi connectivity index (χ3n) is 2.51. The van der Waals surface area contributed by atoms with Crippen LogP contribution < -0.4 is 10.2 Å². The molecule has 2 aromatic heterocycles. The maximum absolute atomic E-state index is 11.5. The molecule has 0 aliphatic carbocycles. The molecule has 18 heavy (non-hydrogen) atoms. The first-order valence-electron chi connectivity index (χ1n) is 5.56. The maximum Gasteiger partial charge on any atom is 0.239 e. The number of fused-ring (bicyclic) bond motifs is 1. The van der Waals surface area contributed by atoms with Crippen LogP contribution in [0.2, 0.25) is 0 Å². The van der Waals surface area contributed by atoms with Crippen LogP contribution in [0, 0.1) is 0 Å². The molecule has 0 aliphatic heterocycles. The summed E-state index contributed by atoms with van der Waals surface area (Å²) < 4.78 is 1.72. The van der Waals surface area contributed by atoms with E-state index < -0.39 is 0 Å². The van der Waals surface area contributed by atoms with Gasteiger partial charge in [-0.3, -0.25) is 14.0 Å².